The van der Waals surface area contributed by atoms with Crippen molar-refractivity contribution >= 4 is 23.2 Å². The average molecular weight is 329 g/mol. The molecule has 5 heteroatoms. The predicted molar refractivity (Wildman–Crippen MR) is 96.0 cm³/mol. The molecule has 0 spiro atoms. The van der Waals surface area contributed by atoms with Crippen molar-refractivity contribution in [3.05, 3.63) is 24.3 Å². The molecule has 130 valence electrons. The number of carbonyl (C=O) groups is 2. The second-order valence-corrected chi connectivity index (χ2v) is 6.94. The Morgan fingerprint density at radius 1 is 0.958 bits per heavy atom. The van der Waals surface area contributed by atoms with Gasteiger partial charge in [0.1, 0.15) is 0 Å². The smallest absolute Gasteiger partial charge is 0.238 e. The van der Waals surface area contributed by atoms with Crippen LogP contribution in [-0.4, -0.2) is 36.3 Å². The van der Waals surface area contributed by atoms with Crippen molar-refractivity contribution in [1.82, 2.24) is 4.90 Å². The molecule has 5 nitrogen and oxygen atoms in total. The zero-order valence-corrected chi connectivity index (χ0v) is 14.2. The molecule has 2 amide bonds. The van der Waals surface area contributed by atoms with Crippen molar-refractivity contribution < 1.29 is 9.59 Å². The van der Waals surface area contributed by atoms with Crippen molar-refractivity contribution in [2.24, 2.45) is 5.92 Å². The van der Waals surface area contributed by atoms with Crippen molar-refractivity contribution in [3.8, 4) is 0 Å². The summed E-state index contributed by atoms with van der Waals surface area (Å²) in [6.07, 6.45) is 7.99. The SMILES string of the molecule is O=C(CN1CCCCCC1)Nc1cccc(NC(=O)C2CCC2)c1. The third kappa shape index (κ3) is 4.81. The van der Waals surface area contributed by atoms with Crippen LogP contribution in [0, 0.1) is 5.92 Å². The number of amides is 2. The number of benzene rings is 1. The van der Waals surface area contributed by atoms with Crippen molar-refractivity contribution in [1.29, 1.82) is 0 Å². The van der Waals surface area contributed by atoms with E-state index in [1.807, 2.05) is 24.3 Å². The Kier molecular flexibility index (Phi) is 5.86. The van der Waals surface area contributed by atoms with Gasteiger partial charge in [-0.1, -0.05) is 25.3 Å². The highest BCUT2D eigenvalue weighted by molar-refractivity contribution is 5.95. The second kappa shape index (κ2) is 8.29. The Bertz CT molecular complexity index is 576. The molecule has 0 atom stereocenters. The third-order valence-electron chi connectivity index (χ3n) is 4.96. The molecule has 0 unspecified atom stereocenters. The van der Waals surface area contributed by atoms with E-state index >= 15 is 0 Å². The van der Waals surface area contributed by atoms with Gasteiger partial charge in [-0.25, -0.2) is 0 Å². The monoisotopic (exact) mass is 329 g/mol. The van der Waals surface area contributed by atoms with Gasteiger partial charge in [0.05, 0.1) is 6.54 Å². The van der Waals surface area contributed by atoms with E-state index in [0.717, 1.165) is 43.7 Å². The van der Waals surface area contributed by atoms with Gasteiger partial charge in [0.2, 0.25) is 11.8 Å². The first kappa shape index (κ1) is 17.0. The molecular weight excluding hydrogens is 302 g/mol. The van der Waals surface area contributed by atoms with Crippen LogP contribution in [0.25, 0.3) is 0 Å². The van der Waals surface area contributed by atoms with Gasteiger partial charge < -0.3 is 10.6 Å². The maximum absolute atomic E-state index is 12.2. The van der Waals surface area contributed by atoms with Crippen LogP contribution in [-0.2, 0) is 9.59 Å². The van der Waals surface area contributed by atoms with E-state index in [0.29, 0.717) is 6.54 Å². The molecule has 2 N–H and O–H groups in total. The van der Waals surface area contributed by atoms with Gasteiger partial charge in [-0.05, 0) is 57.0 Å². The van der Waals surface area contributed by atoms with Crippen molar-refractivity contribution in [2.75, 3.05) is 30.3 Å². The molecule has 1 saturated carbocycles. The van der Waals surface area contributed by atoms with E-state index in [1.54, 1.807) is 0 Å². The number of anilines is 2. The highest BCUT2D eigenvalue weighted by atomic mass is 16.2. The Morgan fingerprint density at radius 3 is 2.25 bits per heavy atom. The molecule has 1 saturated heterocycles. The topological polar surface area (TPSA) is 61.4 Å². The molecule has 0 aromatic heterocycles. The Balaban J connectivity index is 1.51. The van der Waals surface area contributed by atoms with Crippen LogP contribution in [0.15, 0.2) is 24.3 Å². The minimum atomic E-state index is 0.0133. The average Bonchev–Trinajstić information content (AvgIpc) is 2.74. The largest absolute Gasteiger partial charge is 0.326 e. The highest BCUT2D eigenvalue weighted by Crippen LogP contribution is 2.28. The summed E-state index contributed by atoms with van der Waals surface area (Å²) in [5.41, 5.74) is 1.49. The molecule has 24 heavy (non-hydrogen) atoms. The lowest BCUT2D eigenvalue weighted by Crippen LogP contribution is -2.33. The Hall–Kier alpha value is -1.88. The maximum Gasteiger partial charge on any atom is 0.238 e. The fraction of sp³-hybridized carbons (Fsp3) is 0.579. The summed E-state index contributed by atoms with van der Waals surface area (Å²) < 4.78 is 0. The van der Waals surface area contributed by atoms with Crippen LogP contribution < -0.4 is 10.6 Å². The summed E-state index contributed by atoms with van der Waals surface area (Å²) in [7, 11) is 0. The number of nitrogens with zero attached hydrogens (tertiary/aromatic N) is 1. The van der Waals surface area contributed by atoms with E-state index in [1.165, 1.54) is 25.7 Å². The minimum Gasteiger partial charge on any atom is -0.326 e. The van der Waals surface area contributed by atoms with Crippen molar-refractivity contribution in [3.63, 3.8) is 0 Å². The van der Waals surface area contributed by atoms with Gasteiger partial charge in [0, 0.05) is 17.3 Å². The molecule has 2 aliphatic rings. The van der Waals surface area contributed by atoms with E-state index < -0.39 is 0 Å². The van der Waals surface area contributed by atoms with Gasteiger partial charge in [-0.2, -0.15) is 0 Å². The maximum atomic E-state index is 12.2. The van der Waals surface area contributed by atoms with Gasteiger partial charge in [-0.3, -0.25) is 14.5 Å². The van der Waals surface area contributed by atoms with Gasteiger partial charge in [0.25, 0.3) is 0 Å². The number of carbonyl (C=O) groups excluding carboxylic acids is 2. The first-order chi connectivity index (χ1) is 11.7. The minimum absolute atomic E-state index is 0.0133. The molecule has 0 bridgehead atoms. The summed E-state index contributed by atoms with van der Waals surface area (Å²) in [4.78, 5) is 26.5. The molecule has 0 radical (unpaired) electrons. The molecule has 3 rings (SSSR count). The molecule has 1 aliphatic carbocycles. The van der Waals surface area contributed by atoms with Crippen LogP contribution in [0.5, 0.6) is 0 Å². The summed E-state index contributed by atoms with van der Waals surface area (Å²) in [5.74, 6) is 0.264. The van der Waals surface area contributed by atoms with E-state index in [2.05, 4.69) is 15.5 Å². The Labute approximate surface area is 143 Å². The number of hydrogen-bond donors (Lipinski definition) is 2. The zero-order valence-electron chi connectivity index (χ0n) is 14.2. The summed E-state index contributed by atoms with van der Waals surface area (Å²) in [5, 5.41) is 5.90. The Morgan fingerprint density at radius 2 is 1.62 bits per heavy atom. The molecule has 1 aliphatic heterocycles. The van der Waals surface area contributed by atoms with Crippen LogP contribution >= 0.6 is 0 Å². The van der Waals surface area contributed by atoms with Gasteiger partial charge in [-0.15, -0.1) is 0 Å². The number of nitrogens with one attached hydrogen (secondary N) is 2. The lowest BCUT2D eigenvalue weighted by Gasteiger charge is -2.24. The summed E-state index contributed by atoms with van der Waals surface area (Å²) >= 11 is 0. The summed E-state index contributed by atoms with van der Waals surface area (Å²) in [6, 6.07) is 7.41. The highest BCUT2D eigenvalue weighted by Gasteiger charge is 2.25. The van der Waals surface area contributed by atoms with Crippen LogP contribution in [0.1, 0.15) is 44.9 Å². The third-order valence-corrected chi connectivity index (χ3v) is 4.96. The van der Waals surface area contributed by atoms with E-state index in [-0.39, 0.29) is 17.7 Å². The first-order valence-electron chi connectivity index (χ1n) is 9.14. The predicted octanol–water partition coefficient (Wildman–Crippen LogP) is 3.24. The lowest BCUT2D eigenvalue weighted by atomic mass is 9.85. The fourth-order valence-electron chi connectivity index (χ4n) is 3.29. The van der Waals surface area contributed by atoms with Crippen LogP contribution in [0.3, 0.4) is 0 Å². The number of rotatable bonds is 5. The second-order valence-electron chi connectivity index (χ2n) is 6.94. The molecular formula is C19H27N3O2. The molecule has 1 aromatic rings. The lowest BCUT2D eigenvalue weighted by molar-refractivity contribution is -0.122. The molecule has 1 aromatic carbocycles. The van der Waals surface area contributed by atoms with Gasteiger partial charge in [0.15, 0.2) is 0 Å². The molecule has 2 fully saturated rings. The van der Waals surface area contributed by atoms with Gasteiger partial charge >= 0.3 is 0 Å². The standard InChI is InChI=1S/C19H27N3O2/c23-18(14-22-11-3-1-2-4-12-22)20-16-9-6-10-17(13-16)21-19(24)15-7-5-8-15/h6,9-10,13,15H,1-5,7-8,11-12,14H2,(H,20,23)(H,21,24). The first-order valence-corrected chi connectivity index (χ1v) is 9.14. The normalized spacial score (nSPS) is 19.2. The van der Waals surface area contributed by atoms with Crippen LogP contribution in [0.4, 0.5) is 11.4 Å². The zero-order chi connectivity index (χ0) is 16.8. The van der Waals surface area contributed by atoms with E-state index in [4.69, 9.17) is 0 Å². The number of hydrogen-bond acceptors (Lipinski definition) is 3. The fourth-order valence-corrected chi connectivity index (χ4v) is 3.29. The number of likely N-dealkylation sites (tertiary alicyclic amines) is 1. The van der Waals surface area contributed by atoms with E-state index in [9.17, 15) is 9.59 Å². The summed E-state index contributed by atoms with van der Waals surface area (Å²) in [6.45, 7) is 2.45. The molecule has 1 heterocycles. The quantitative estimate of drug-likeness (QED) is 0.872. The van der Waals surface area contributed by atoms with Crippen LogP contribution in [0.2, 0.25) is 0 Å². The van der Waals surface area contributed by atoms with Crippen molar-refractivity contribution in [2.45, 2.75) is 44.9 Å².